The standard InChI is InChI=1S/C21H34N2O5/c1-2-3-4-5-6-7-8-9-10-11-20(25)22-19(16-24)21(26)17-12-14-18(15-13-17)23(27)28/h12-15,19,21,24,26H,2-11,16H2,1H3,(H,22,25). The van der Waals surface area contributed by atoms with Crippen molar-refractivity contribution in [2.45, 2.75) is 83.3 Å². The molecule has 3 N–H and O–H groups in total. The molecule has 28 heavy (non-hydrogen) atoms. The van der Waals surface area contributed by atoms with Crippen molar-refractivity contribution < 1.29 is 19.9 Å². The first kappa shape index (κ1) is 24.0. The summed E-state index contributed by atoms with van der Waals surface area (Å²) in [6.07, 6.45) is 9.73. The molecule has 0 saturated carbocycles. The van der Waals surface area contributed by atoms with E-state index in [0.29, 0.717) is 12.0 Å². The minimum atomic E-state index is -1.13. The van der Waals surface area contributed by atoms with E-state index in [9.17, 15) is 25.1 Å². The van der Waals surface area contributed by atoms with Crippen molar-refractivity contribution in [3.05, 3.63) is 39.9 Å². The lowest BCUT2D eigenvalue weighted by Crippen LogP contribution is -2.41. The molecule has 1 rings (SSSR count). The lowest BCUT2D eigenvalue weighted by Gasteiger charge is -2.22. The molecule has 1 aromatic rings. The van der Waals surface area contributed by atoms with Gasteiger partial charge in [0.25, 0.3) is 5.69 Å². The highest BCUT2D eigenvalue weighted by Crippen LogP contribution is 2.20. The van der Waals surface area contributed by atoms with Gasteiger partial charge in [-0.1, -0.05) is 58.3 Å². The van der Waals surface area contributed by atoms with Crippen LogP contribution in [0.2, 0.25) is 0 Å². The molecular formula is C21H34N2O5. The monoisotopic (exact) mass is 394 g/mol. The van der Waals surface area contributed by atoms with Crippen molar-refractivity contribution in [2.24, 2.45) is 0 Å². The summed E-state index contributed by atoms with van der Waals surface area (Å²) in [6, 6.07) is 4.59. The zero-order valence-electron chi connectivity index (χ0n) is 16.8. The Morgan fingerprint density at radius 3 is 2.07 bits per heavy atom. The van der Waals surface area contributed by atoms with Crippen LogP contribution in [-0.2, 0) is 4.79 Å². The maximum absolute atomic E-state index is 12.1. The molecule has 0 radical (unpaired) electrons. The van der Waals surface area contributed by atoms with Crippen LogP contribution in [0.25, 0.3) is 0 Å². The Morgan fingerprint density at radius 1 is 1.04 bits per heavy atom. The van der Waals surface area contributed by atoms with E-state index in [1.807, 2.05) is 0 Å². The molecule has 0 fully saturated rings. The number of nitrogens with one attached hydrogen (secondary N) is 1. The topological polar surface area (TPSA) is 113 Å². The van der Waals surface area contributed by atoms with Gasteiger partial charge in [-0.3, -0.25) is 14.9 Å². The van der Waals surface area contributed by atoms with E-state index in [1.165, 1.54) is 62.8 Å². The second-order valence-electron chi connectivity index (χ2n) is 7.23. The molecule has 1 amide bonds. The fourth-order valence-electron chi connectivity index (χ4n) is 3.13. The average Bonchev–Trinajstić information content (AvgIpc) is 2.70. The van der Waals surface area contributed by atoms with Crippen LogP contribution in [0.3, 0.4) is 0 Å². The second-order valence-corrected chi connectivity index (χ2v) is 7.23. The van der Waals surface area contributed by atoms with Crippen LogP contribution in [0, 0.1) is 10.1 Å². The Kier molecular flexibility index (Phi) is 12.1. The third kappa shape index (κ3) is 9.28. The summed E-state index contributed by atoms with van der Waals surface area (Å²) in [5.41, 5.74) is 0.332. The van der Waals surface area contributed by atoms with Gasteiger partial charge in [-0.2, -0.15) is 0 Å². The van der Waals surface area contributed by atoms with Gasteiger partial charge < -0.3 is 15.5 Å². The Labute approximate surface area is 167 Å². The molecule has 0 spiro atoms. The Hall–Kier alpha value is -1.99. The summed E-state index contributed by atoms with van der Waals surface area (Å²) < 4.78 is 0. The number of carbonyl (C=O) groups excluding carboxylic acids is 1. The fraction of sp³-hybridized carbons (Fsp3) is 0.667. The molecule has 1 aromatic carbocycles. The van der Waals surface area contributed by atoms with Crippen molar-refractivity contribution in [3.63, 3.8) is 0 Å². The lowest BCUT2D eigenvalue weighted by molar-refractivity contribution is -0.384. The quantitative estimate of drug-likeness (QED) is 0.236. The molecule has 158 valence electrons. The van der Waals surface area contributed by atoms with Gasteiger partial charge in [-0.15, -0.1) is 0 Å². The highest BCUT2D eigenvalue weighted by atomic mass is 16.6. The molecule has 0 aromatic heterocycles. The number of hydrogen-bond acceptors (Lipinski definition) is 5. The maximum atomic E-state index is 12.1. The number of amides is 1. The molecular weight excluding hydrogens is 360 g/mol. The maximum Gasteiger partial charge on any atom is 0.269 e. The van der Waals surface area contributed by atoms with E-state index >= 15 is 0 Å². The Bertz CT molecular complexity index is 577. The van der Waals surface area contributed by atoms with Crippen LogP contribution in [0.4, 0.5) is 5.69 Å². The summed E-state index contributed by atoms with van der Waals surface area (Å²) in [7, 11) is 0. The van der Waals surface area contributed by atoms with Crippen LogP contribution in [0.15, 0.2) is 24.3 Å². The zero-order chi connectivity index (χ0) is 20.8. The number of carbonyl (C=O) groups is 1. The molecule has 0 aliphatic rings. The molecule has 0 bridgehead atoms. The van der Waals surface area contributed by atoms with E-state index < -0.39 is 23.7 Å². The molecule has 0 heterocycles. The molecule has 0 saturated heterocycles. The van der Waals surface area contributed by atoms with Gasteiger partial charge in [0.1, 0.15) is 6.10 Å². The van der Waals surface area contributed by atoms with Gasteiger partial charge in [-0.05, 0) is 24.1 Å². The number of nitro benzene ring substituents is 1. The Morgan fingerprint density at radius 2 is 1.57 bits per heavy atom. The molecule has 2 atom stereocenters. The zero-order valence-corrected chi connectivity index (χ0v) is 16.8. The fourth-order valence-corrected chi connectivity index (χ4v) is 3.13. The first-order chi connectivity index (χ1) is 13.5. The van der Waals surface area contributed by atoms with Crippen molar-refractivity contribution in [3.8, 4) is 0 Å². The molecule has 0 aliphatic heterocycles. The van der Waals surface area contributed by atoms with E-state index in [2.05, 4.69) is 12.2 Å². The van der Waals surface area contributed by atoms with E-state index in [4.69, 9.17) is 0 Å². The summed E-state index contributed by atoms with van der Waals surface area (Å²) in [5, 5.41) is 33.2. The molecule has 2 unspecified atom stereocenters. The number of nitro groups is 1. The first-order valence-electron chi connectivity index (χ1n) is 10.3. The van der Waals surface area contributed by atoms with Gasteiger partial charge >= 0.3 is 0 Å². The molecule has 7 heteroatoms. The van der Waals surface area contributed by atoms with Crippen molar-refractivity contribution in [1.29, 1.82) is 0 Å². The Balaban J connectivity index is 2.29. The molecule has 7 nitrogen and oxygen atoms in total. The third-order valence-electron chi connectivity index (χ3n) is 4.88. The van der Waals surface area contributed by atoms with Crippen LogP contribution >= 0.6 is 0 Å². The number of aliphatic hydroxyl groups is 2. The minimum Gasteiger partial charge on any atom is -0.394 e. The predicted octanol–water partition coefficient (Wildman–Crippen LogP) is 4.03. The normalized spacial score (nSPS) is 13.1. The second kappa shape index (κ2) is 14.1. The summed E-state index contributed by atoms with van der Waals surface area (Å²) >= 11 is 0. The number of benzene rings is 1. The van der Waals surface area contributed by atoms with E-state index in [0.717, 1.165) is 19.3 Å². The summed E-state index contributed by atoms with van der Waals surface area (Å²) in [4.78, 5) is 22.2. The van der Waals surface area contributed by atoms with Gasteiger partial charge in [0, 0.05) is 18.6 Å². The van der Waals surface area contributed by atoms with Crippen molar-refractivity contribution in [2.75, 3.05) is 6.61 Å². The minimum absolute atomic E-state index is 0.0779. The molecule has 0 aliphatic carbocycles. The third-order valence-corrected chi connectivity index (χ3v) is 4.88. The summed E-state index contributed by atoms with van der Waals surface area (Å²) in [6.45, 7) is 1.79. The van der Waals surface area contributed by atoms with Gasteiger partial charge in [0.15, 0.2) is 0 Å². The van der Waals surface area contributed by atoms with Gasteiger partial charge in [-0.25, -0.2) is 0 Å². The van der Waals surface area contributed by atoms with Crippen LogP contribution in [0.5, 0.6) is 0 Å². The highest BCUT2D eigenvalue weighted by Gasteiger charge is 2.22. The van der Waals surface area contributed by atoms with Gasteiger partial charge in [0.2, 0.25) is 5.91 Å². The number of unbranched alkanes of at least 4 members (excludes halogenated alkanes) is 8. The largest absolute Gasteiger partial charge is 0.394 e. The highest BCUT2D eigenvalue weighted by molar-refractivity contribution is 5.76. The number of non-ortho nitro benzene ring substituents is 1. The number of aliphatic hydroxyl groups excluding tert-OH is 2. The number of nitrogens with zero attached hydrogens (tertiary/aromatic N) is 1. The summed E-state index contributed by atoms with van der Waals surface area (Å²) in [5.74, 6) is -0.206. The van der Waals surface area contributed by atoms with E-state index in [1.54, 1.807) is 0 Å². The van der Waals surface area contributed by atoms with Crippen LogP contribution in [-0.4, -0.2) is 33.7 Å². The van der Waals surface area contributed by atoms with E-state index in [-0.39, 0.29) is 11.6 Å². The van der Waals surface area contributed by atoms with Crippen molar-refractivity contribution >= 4 is 11.6 Å². The van der Waals surface area contributed by atoms with Crippen LogP contribution in [0.1, 0.15) is 82.8 Å². The van der Waals surface area contributed by atoms with Crippen molar-refractivity contribution in [1.82, 2.24) is 5.32 Å². The van der Waals surface area contributed by atoms with Gasteiger partial charge in [0.05, 0.1) is 17.6 Å². The first-order valence-corrected chi connectivity index (χ1v) is 10.3. The lowest BCUT2D eigenvalue weighted by atomic mass is 10.0. The smallest absolute Gasteiger partial charge is 0.269 e. The number of rotatable bonds is 15. The van der Waals surface area contributed by atoms with Crippen LogP contribution < -0.4 is 5.32 Å². The predicted molar refractivity (Wildman–Crippen MR) is 109 cm³/mol. The SMILES string of the molecule is CCCCCCCCCCCC(=O)NC(CO)C(O)c1ccc([N+](=O)[O-])cc1. The number of hydrogen-bond donors (Lipinski definition) is 3. The average molecular weight is 395 g/mol.